The summed E-state index contributed by atoms with van der Waals surface area (Å²) in [6, 6.07) is 7.23. The van der Waals surface area contributed by atoms with Crippen LogP contribution in [0.4, 0.5) is 5.69 Å². The number of nitrogens with zero attached hydrogens (tertiary/aromatic N) is 2. The van der Waals surface area contributed by atoms with Gasteiger partial charge in [-0.15, -0.1) is 0 Å². The topological polar surface area (TPSA) is 76.0 Å². The van der Waals surface area contributed by atoms with Gasteiger partial charge < -0.3 is 15.2 Å². The molecule has 6 nitrogen and oxygen atoms in total. The summed E-state index contributed by atoms with van der Waals surface area (Å²) in [6.07, 6.45) is 10.6. The van der Waals surface area contributed by atoms with E-state index in [1.807, 2.05) is 55.9 Å². The zero-order chi connectivity index (χ0) is 23.2. The first kappa shape index (κ1) is 22.5. The van der Waals surface area contributed by atoms with Gasteiger partial charge in [0.05, 0.1) is 0 Å². The summed E-state index contributed by atoms with van der Waals surface area (Å²) in [5.74, 6) is 2.09. The number of hydrogen-bond donors (Lipinski definition) is 2. The summed E-state index contributed by atoms with van der Waals surface area (Å²) in [4.78, 5) is 32.0. The molecule has 176 valence electrons. The van der Waals surface area contributed by atoms with Crippen LogP contribution in [0.5, 0.6) is 0 Å². The van der Waals surface area contributed by atoms with Crippen molar-refractivity contribution in [2.75, 3.05) is 5.32 Å². The van der Waals surface area contributed by atoms with Crippen molar-refractivity contribution in [1.82, 2.24) is 14.9 Å². The monoisotopic (exact) mass is 466 g/mol. The standard InChI is InChI=1S/C26H34N4O2S/c1-16(2)22(29-24(32)26-13-17-10-18(14-26)12-19(11-17)15-26)23(31)28-20-4-6-21(7-5-20)33-25-27-8-9-30(25)3/h4-9,16-19,22H,10-15H2,1-3H3,(H,28,31)(H,29,32)/t17?,18?,19?,22-,26?/m0/s1. The third-order valence-electron chi connectivity index (χ3n) is 7.86. The minimum absolute atomic E-state index is 0.0149. The van der Waals surface area contributed by atoms with Crippen molar-refractivity contribution in [3.63, 3.8) is 0 Å². The lowest BCUT2D eigenvalue weighted by molar-refractivity contribution is -0.148. The number of amides is 2. The fourth-order valence-corrected chi connectivity index (χ4v) is 7.40. The Morgan fingerprint density at radius 3 is 2.18 bits per heavy atom. The molecule has 2 aromatic rings. The molecule has 0 spiro atoms. The van der Waals surface area contributed by atoms with Crippen molar-refractivity contribution >= 4 is 29.3 Å². The normalized spacial score (nSPS) is 28.7. The van der Waals surface area contributed by atoms with Gasteiger partial charge in [0, 0.05) is 35.4 Å². The molecule has 2 N–H and O–H groups in total. The molecule has 7 heteroatoms. The predicted octanol–water partition coefficient (Wildman–Crippen LogP) is 4.87. The third-order valence-corrected chi connectivity index (χ3v) is 8.95. The highest BCUT2D eigenvalue weighted by atomic mass is 32.2. The van der Waals surface area contributed by atoms with E-state index >= 15 is 0 Å². The minimum Gasteiger partial charge on any atom is -0.344 e. The number of carbonyl (C=O) groups is 2. The van der Waals surface area contributed by atoms with Crippen LogP contribution in [0.25, 0.3) is 0 Å². The van der Waals surface area contributed by atoms with Gasteiger partial charge in [0.15, 0.2) is 5.16 Å². The molecule has 4 saturated carbocycles. The number of hydrogen-bond acceptors (Lipinski definition) is 4. The van der Waals surface area contributed by atoms with Gasteiger partial charge in [-0.3, -0.25) is 9.59 Å². The summed E-state index contributed by atoms with van der Waals surface area (Å²) in [7, 11) is 1.97. The van der Waals surface area contributed by atoms with E-state index < -0.39 is 6.04 Å². The van der Waals surface area contributed by atoms with E-state index in [1.165, 1.54) is 19.3 Å². The number of nitrogens with one attached hydrogen (secondary N) is 2. The Labute approximate surface area is 200 Å². The summed E-state index contributed by atoms with van der Waals surface area (Å²) in [5.41, 5.74) is 0.491. The van der Waals surface area contributed by atoms with E-state index in [4.69, 9.17) is 0 Å². The summed E-state index contributed by atoms with van der Waals surface area (Å²) in [6.45, 7) is 3.99. The molecule has 2 amide bonds. The molecule has 4 bridgehead atoms. The Kier molecular flexibility index (Phi) is 6.02. The van der Waals surface area contributed by atoms with Crippen molar-refractivity contribution in [2.24, 2.45) is 36.1 Å². The lowest BCUT2D eigenvalue weighted by atomic mass is 9.49. The third kappa shape index (κ3) is 4.57. The molecule has 33 heavy (non-hydrogen) atoms. The number of benzene rings is 1. The molecule has 6 rings (SSSR count). The molecule has 1 heterocycles. The van der Waals surface area contributed by atoms with E-state index in [-0.39, 0.29) is 23.1 Å². The van der Waals surface area contributed by atoms with Crippen LogP contribution in [-0.4, -0.2) is 27.4 Å². The molecule has 0 saturated heterocycles. The Hall–Kier alpha value is -2.28. The maximum atomic E-state index is 13.5. The molecule has 4 aliphatic carbocycles. The average molecular weight is 467 g/mol. The van der Waals surface area contributed by atoms with Gasteiger partial charge in [-0.2, -0.15) is 0 Å². The van der Waals surface area contributed by atoms with Crippen LogP contribution in [0, 0.1) is 29.1 Å². The lowest BCUT2D eigenvalue weighted by Crippen LogP contribution is -2.57. The van der Waals surface area contributed by atoms with Crippen LogP contribution in [0.15, 0.2) is 46.7 Å². The van der Waals surface area contributed by atoms with Gasteiger partial charge in [0.1, 0.15) is 6.04 Å². The molecule has 4 fully saturated rings. The highest BCUT2D eigenvalue weighted by Gasteiger charge is 2.55. The maximum absolute atomic E-state index is 13.5. The molecule has 1 aromatic carbocycles. The Morgan fingerprint density at radius 1 is 1.06 bits per heavy atom. The highest BCUT2D eigenvalue weighted by Crippen LogP contribution is 2.60. The van der Waals surface area contributed by atoms with Crippen molar-refractivity contribution in [2.45, 2.75) is 68.5 Å². The maximum Gasteiger partial charge on any atom is 0.247 e. The van der Waals surface area contributed by atoms with Crippen LogP contribution in [0.1, 0.15) is 52.4 Å². The quantitative estimate of drug-likeness (QED) is 0.611. The van der Waals surface area contributed by atoms with E-state index in [1.54, 1.807) is 18.0 Å². The summed E-state index contributed by atoms with van der Waals surface area (Å²) in [5, 5.41) is 7.11. The molecule has 4 aliphatic rings. The fourth-order valence-electron chi connectivity index (χ4n) is 6.60. The van der Waals surface area contributed by atoms with Crippen LogP contribution < -0.4 is 10.6 Å². The first-order valence-corrected chi connectivity index (χ1v) is 13.0. The SMILES string of the molecule is CC(C)[C@H](NC(=O)C12CC3CC(CC(C3)C1)C2)C(=O)Nc1ccc(Sc2nccn2C)cc1. The molecular formula is C26H34N4O2S. The Balaban J connectivity index is 1.23. The van der Waals surface area contributed by atoms with Gasteiger partial charge in [0.2, 0.25) is 11.8 Å². The van der Waals surface area contributed by atoms with E-state index in [2.05, 4.69) is 15.6 Å². The van der Waals surface area contributed by atoms with Gasteiger partial charge in [-0.05, 0) is 86.5 Å². The Bertz CT molecular complexity index is 994. The molecule has 0 aliphatic heterocycles. The first-order valence-electron chi connectivity index (χ1n) is 12.2. The van der Waals surface area contributed by atoms with Gasteiger partial charge in [-0.1, -0.05) is 25.6 Å². The molecule has 0 radical (unpaired) electrons. The number of imidazole rings is 1. The lowest BCUT2D eigenvalue weighted by Gasteiger charge is -2.55. The zero-order valence-electron chi connectivity index (χ0n) is 19.7. The minimum atomic E-state index is -0.535. The van der Waals surface area contributed by atoms with Crippen molar-refractivity contribution < 1.29 is 9.59 Å². The summed E-state index contributed by atoms with van der Waals surface area (Å²) < 4.78 is 1.97. The fraction of sp³-hybridized carbons (Fsp3) is 0.577. The number of carbonyl (C=O) groups excluding carboxylic acids is 2. The van der Waals surface area contributed by atoms with Crippen LogP contribution in [-0.2, 0) is 16.6 Å². The average Bonchev–Trinajstić information content (AvgIpc) is 3.16. The van der Waals surface area contributed by atoms with Crippen LogP contribution in [0.3, 0.4) is 0 Å². The number of aryl methyl sites for hydroxylation is 1. The number of aromatic nitrogens is 2. The number of anilines is 1. The van der Waals surface area contributed by atoms with Crippen molar-refractivity contribution in [3.8, 4) is 0 Å². The molecule has 1 atom stereocenters. The van der Waals surface area contributed by atoms with E-state index in [9.17, 15) is 9.59 Å². The largest absolute Gasteiger partial charge is 0.344 e. The second-order valence-corrected chi connectivity index (χ2v) is 11.9. The molecule has 0 unspecified atom stereocenters. The highest BCUT2D eigenvalue weighted by molar-refractivity contribution is 7.99. The van der Waals surface area contributed by atoms with Gasteiger partial charge in [-0.25, -0.2) is 4.98 Å². The van der Waals surface area contributed by atoms with Crippen LogP contribution in [0.2, 0.25) is 0 Å². The van der Waals surface area contributed by atoms with E-state index in [0.717, 1.165) is 35.0 Å². The zero-order valence-corrected chi connectivity index (χ0v) is 20.5. The second-order valence-electron chi connectivity index (χ2n) is 10.8. The predicted molar refractivity (Wildman–Crippen MR) is 130 cm³/mol. The summed E-state index contributed by atoms with van der Waals surface area (Å²) >= 11 is 1.58. The number of rotatable bonds is 7. The Morgan fingerprint density at radius 2 is 1.67 bits per heavy atom. The molecule has 1 aromatic heterocycles. The molecular weight excluding hydrogens is 432 g/mol. The smallest absolute Gasteiger partial charge is 0.247 e. The van der Waals surface area contributed by atoms with Crippen molar-refractivity contribution in [1.29, 1.82) is 0 Å². The van der Waals surface area contributed by atoms with Gasteiger partial charge >= 0.3 is 0 Å². The second kappa shape index (κ2) is 8.82. The van der Waals surface area contributed by atoms with Crippen molar-refractivity contribution in [3.05, 3.63) is 36.7 Å². The first-order chi connectivity index (χ1) is 15.8. The van der Waals surface area contributed by atoms with Gasteiger partial charge in [0.25, 0.3) is 0 Å². The van der Waals surface area contributed by atoms with Crippen LogP contribution >= 0.6 is 11.8 Å². The van der Waals surface area contributed by atoms with E-state index in [0.29, 0.717) is 17.8 Å².